The van der Waals surface area contributed by atoms with Crippen LogP contribution in [-0.2, 0) is 13.0 Å². The van der Waals surface area contributed by atoms with Gasteiger partial charge in [0.1, 0.15) is 23.3 Å². The van der Waals surface area contributed by atoms with Crippen molar-refractivity contribution in [1.82, 2.24) is 19.9 Å². The van der Waals surface area contributed by atoms with Crippen molar-refractivity contribution in [3.8, 4) is 6.07 Å². The van der Waals surface area contributed by atoms with Crippen molar-refractivity contribution in [2.45, 2.75) is 31.7 Å². The van der Waals surface area contributed by atoms with E-state index in [1.807, 2.05) is 0 Å². The molecule has 0 saturated heterocycles. The fourth-order valence-electron chi connectivity index (χ4n) is 4.10. The van der Waals surface area contributed by atoms with Gasteiger partial charge in [0, 0.05) is 18.8 Å². The Labute approximate surface area is 181 Å². The van der Waals surface area contributed by atoms with Gasteiger partial charge in [0.15, 0.2) is 5.82 Å². The molecule has 1 aliphatic heterocycles. The van der Waals surface area contributed by atoms with Gasteiger partial charge in [0.25, 0.3) is 0 Å². The van der Waals surface area contributed by atoms with Gasteiger partial charge >= 0.3 is 0 Å². The highest BCUT2D eigenvalue weighted by Crippen LogP contribution is 2.44. The molecular formula is C23H24N8. The summed E-state index contributed by atoms with van der Waals surface area (Å²) < 4.78 is 0. The Hall–Kier alpha value is -3.70. The van der Waals surface area contributed by atoms with Crippen LogP contribution in [0.3, 0.4) is 0 Å². The maximum Gasteiger partial charge on any atom is 0.229 e. The molecule has 3 aromatic rings. The number of nitrogens with zero attached hydrogens (tertiary/aromatic N) is 5. The van der Waals surface area contributed by atoms with Crippen molar-refractivity contribution in [2.24, 2.45) is 0 Å². The molecule has 1 fully saturated rings. The highest BCUT2D eigenvalue weighted by atomic mass is 15.2. The molecule has 5 rings (SSSR count). The second kappa shape index (κ2) is 7.85. The minimum Gasteiger partial charge on any atom is -0.384 e. The molecule has 0 amide bonds. The Morgan fingerprint density at radius 3 is 2.84 bits per heavy atom. The Kier molecular flexibility index (Phi) is 4.88. The number of anilines is 5. The smallest absolute Gasteiger partial charge is 0.229 e. The minimum atomic E-state index is 0.334. The van der Waals surface area contributed by atoms with Crippen LogP contribution in [0.15, 0.2) is 36.5 Å². The van der Waals surface area contributed by atoms with Gasteiger partial charge in [-0.3, -0.25) is 0 Å². The largest absolute Gasteiger partial charge is 0.384 e. The number of rotatable bonds is 5. The lowest BCUT2D eigenvalue weighted by molar-refractivity contribution is 0.312. The quantitative estimate of drug-likeness (QED) is 0.581. The summed E-state index contributed by atoms with van der Waals surface area (Å²) in [5.41, 5.74) is 11.4. The maximum atomic E-state index is 9.45. The Bertz CT molecular complexity index is 1180. The van der Waals surface area contributed by atoms with E-state index in [4.69, 9.17) is 5.73 Å². The summed E-state index contributed by atoms with van der Waals surface area (Å²) in [5.74, 6) is 2.40. The number of pyridine rings is 1. The highest BCUT2D eigenvalue weighted by Gasteiger charge is 2.29. The number of nitrogen functional groups attached to an aromatic ring is 1. The van der Waals surface area contributed by atoms with Crippen LogP contribution in [-0.4, -0.2) is 33.4 Å². The van der Waals surface area contributed by atoms with E-state index in [-0.39, 0.29) is 0 Å². The normalized spacial score (nSPS) is 15.7. The second-order valence-electron chi connectivity index (χ2n) is 8.23. The molecule has 31 heavy (non-hydrogen) atoms. The lowest BCUT2D eigenvalue weighted by atomic mass is 9.91. The first-order valence-electron chi connectivity index (χ1n) is 10.5. The topological polar surface area (TPSA) is 116 Å². The van der Waals surface area contributed by atoms with Crippen LogP contribution in [0.1, 0.15) is 41.0 Å². The first kappa shape index (κ1) is 19.3. The fourth-order valence-corrected chi connectivity index (χ4v) is 4.10. The molecule has 0 spiro atoms. The third-order valence-corrected chi connectivity index (χ3v) is 5.76. The Morgan fingerprint density at radius 1 is 1.19 bits per heavy atom. The molecule has 1 aliphatic carbocycles. The average Bonchev–Trinajstić information content (AvgIpc) is 3.58. The van der Waals surface area contributed by atoms with Crippen molar-refractivity contribution in [2.75, 3.05) is 30.0 Å². The van der Waals surface area contributed by atoms with Crippen molar-refractivity contribution in [1.29, 1.82) is 5.26 Å². The Morgan fingerprint density at radius 2 is 2.06 bits per heavy atom. The van der Waals surface area contributed by atoms with Gasteiger partial charge in [-0.1, -0.05) is 6.07 Å². The number of aromatic nitrogens is 3. The van der Waals surface area contributed by atoms with Crippen molar-refractivity contribution in [3.63, 3.8) is 0 Å². The van der Waals surface area contributed by atoms with E-state index in [1.54, 1.807) is 18.2 Å². The van der Waals surface area contributed by atoms with Gasteiger partial charge in [0.2, 0.25) is 5.95 Å². The van der Waals surface area contributed by atoms with E-state index >= 15 is 0 Å². The molecule has 8 nitrogen and oxygen atoms in total. The van der Waals surface area contributed by atoms with Crippen molar-refractivity contribution < 1.29 is 0 Å². The molecule has 156 valence electrons. The molecule has 0 atom stereocenters. The summed E-state index contributed by atoms with van der Waals surface area (Å²) in [6, 6.07) is 11.8. The van der Waals surface area contributed by atoms with Crippen LogP contribution in [0.5, 0.6) is 0 Å². The zero-order valence-corrected chi connectivity index (χ0v) is 17.4. The molecule has 8 heteroatoms. The van der Waals surface area contributed by atoms with E-state index in [0.29, 0.717) is 34.9 Å². The van der Waals surface area contributed by atoms with E-state index in [0.717, 1.165) is 25.2 Å². The summed E-state index contributed by atoms with van der Waals surface area (Å²) in [5, 5.41) is 15.9. The van der Waals surface area contributed by atoms with Crippen molar-refractivity contribution in [3.05, 3.63) is 58.8 Å². The number of fused-ring (bicyclic) bond motifs is 1. The predicted molar refractivity (Wildman–Crippen MR) is 120 cm³/mol. The molecule has 0 unspecified atom stereocenters. The third kappa shape index (κ3) is 4.13. The first-order valence-corrected chi connectivity index (χ1v) is 10.5. The monoisotopic (exact) mass is 412 g/mol. The highest BCUT2D eigenvalue weighted by molar-refractivity contribution is 5.65. The molecule has 0 bridgehead atoms. The number of nitrogens with two attached hydrogens (primary N) is 1. The fraction of sp³-hybridized carbons (Fsp3) is 0.304. The first-order chi connectivity index (χ1) is 15.1. The van der Waals surface area contributed by atoms with Crippen LogP contribution >= 0.6 is 0 Å². The number of hydrogen-bond acceptors (Lipinski definition) is 8. The van der Waals surface area contributed by atoms with E-state index in [1.165, 1.54) is 35.7 Å². The van der Waals surface area contributed by atoms with E-state index in [2.05, 4.69) is 55.7 Å². The van der Waals surface area contributed by atoms with Gasteiger partial charge in [-0.2, -0.15) is 10.2 Å². The molecule has 3 heterocycles. The summed E-state index contributed by atoms with van der Waals surface area (Å²) in [7, 11) is 2.16. The van der Waals surface area contributed by atoms with Crippen LogP contribution in [0, 0.1) is 11.3 Å². The predicted octanol–water partition coefficient (Wildman–Crippen LogP) is 3.68. The Balaban J connectivity index is 1.45. The molecule has 2 aromatic heterocycles. The summed E-state index contributed by atoms with van der Waals surface area (Å²) in [6.45, 7) is 2.05. The number of benzene rings is 1. The minimum absolute atomic E-state index is 0.334. The van der Waals surface area contributed by atoms with Gasteiger partial charge in [-0.15, -0.1) is 0 Å². The molecule has 1 aromatic carbocycles. The molecular weight excluding hydrogens is 388 g/mol. The average molecular weight is 413 g/mol. The third-order valence-electron chi connectivity index (χ3n) is 5.76. The SMILES string of the molecule is CN1CCc2c(cc(Nc3ncc(C#N)c(Nc4cccc(N)n4)n3)cc2C2CC2)C1. The number of hydrogen-bond donors (Lipinski definition) is 3. The van der Waals surface area contributed by atoms with Gasteiger partial charge in [-0.25, -0.2) is 9.97 Å². The van der Waals surface area contributed by atoms with Crippen LogP contribution in [0.2, 0.25) is 0 Å². The standard InChI is InChI=1S/C23H24N8/c1-31-8-7-18-15(13-31)9-17(10-19(18)14-5-6-14)27-23-26-12-16(11-24)22(30-23)29-21-4-2-3-20(25)28-21/h2-4,9-10,12,14H,5-8,13H2,1H3,(H4,25,26,27,28,29,30). The van der Waals surface area contributed by atoms with Gasteiger partial charge in [0.05, 0.1) is 6.20 Å². The van der Waals surface area contributed by atoms with Crippen LogP contribution < -0.4 is 16.4 Å². The van der Waals surface area contributed by atoms with E-state index in [9.17, 15) is 5.26 Å². The molecule has 4 N–H and O–H groups in total. The van der Waals surface area contributed by atoms with Crippen LogP contribution in [0.25, 0.3) is 0 Å². The molecule has 1 saturated carbocycles. The lowest BCUT2D eigenvalue weighted by Gasteiger charge is -2.28. The summed E-state index contributed by atoms with van der Waals surface area (Å²) >= 11 is 0. The zero-order valence-electron chi connectivity index (χ0n) is 17.4. The number of nitriles is 1. The van der Waals surface area contributed by atoms with Crippen molar-refractivity contribution >= 4 is 29.1 Å². The summed E-state index contributed by atoms with van der Waals surface area (Å²) in [6.07, 6.45) is 5.14. The van der Waals surface area contributed by atoms with Gasteiger partial charge < -0.3 is 21.3 Å². The maximum absolute atomic E-state index is 9.45. The number of nitrogens with one attached hydrogen (secondary N) is 2. The van der Waals surface area contributed by atoms with Crippen LogP contribution in [0.4, 0.5) is 29.1 Å². The van der Waals surface area contributed by atoms with Gasteiger partial charge in [-0.05, 0) is 73.2 Å². The summed E-state index contributed by atoms with van der Waals surface area (Å²) in [4.78, 5) is 15.4. The number of likely N-dealkylation sites (N-methyl/N-ethyl adjacent to an activating group) is 1. The lowest BCUT2D eigenvalue weighted by Crippen LogP contribution is -2.27. The van der Waals surface area contributed by atoms with E-state index < -0.39 is 0 Å². The molecule has 2 aliphatic rings. The molecule has 0 radical (unpaired) electrons. The second-order valence-corrected chi connectivity index (χ2v) is 8.23. The zero-order chi connectivity index (χ0) is 21.4.